The molecule has 0 aliphatic heterocycles. The van der Waals surface area contributed by atoms with E-state index in [1.54, 1.807) is 25.1 Å². The van der Waals surface area contributed by atoms with E-state index in [1.165, 1.54) is 0 Å². The summed E-state index contributed by atoms with van der Waals surface area (Å²) in [7, 11) is 0. The Bertz CT molecular complexity index is 239. The molecule has 1 aromatic carbocycles. The van der Waals surface area contributed by atoms with Crippen LogP contribution in [-0.4, -0.2) is 12.6 Å². The molecule has 4 heteroatoms. The minimum atomic E-state index is -0.312. The van der Waals surface area contributed by atoms with Crippen molar-refractivity contribution >= 4 is 5.97 Å². The van der Waals surface area contributed by atoms with Gasteiger partial charge in [-0.3, -0.25) is 0 Å². The third kappa shape index (κ3) is 5.17. The van der Waals surface area contributed by atoms with E-state index in [2.05, 4.69) is 6.07 Å². The van der Waals surface area contributed by atoms with Crippen LogP contribution < -0.4 is 17.0 Å². The fraction of sp³-hybridized carbons (Fsp3) is 0.222. The normalized spacial score (nSPS) is 7.77. The molecule has 0 heterocycles. The maximum Gasteiger partial charge on any atom is 0.338 e. The van der Waals surface area contributed by atoms with Crippen LogP contribution in [-0.2, 0) is 24.2 Å². The number of rotatable bonds is 2. The molecule has 0 spiro atoms. The van der Waals surface area contributed by atoms with Crippen molar-refractivity contribution in [1.29, 1.82) is 0 Å². The number of esters is 1. The predicted molar refractivity (Wildman–Crippen MR) is 41.2 cm³/mol. The Labute approximate surface area is 101 Å². The quantitative estimate of drug-likeness (QED) is 0.499. The van der Waals surface area contributed by atoms with Gasteiger partial charge in [0.25, 0.3) is 0 Å². The zero-order valence-corrected chi connectivity index (χ0v) is 12.0. The zero-order valence-electron chi connectivity index (χ0n) is 7.42. The monoisotopic (exact) mass is 292 g/mol. The van der Waals surface area contributed by atoms with Gasteiger partial charge in [-0.05, 0) is 19.1 Å². The molecule has 0 aromatic heterocycles. The van der Waals surface area contributed by atoms with Crippen LogP contribution >= 0.6 is 0 Å². The average molecular weight is 294 g/mol. The summed E-state index contributed by atoms with van der Waals surface area (Å²) in [6.07, 6.45) is 0. The fourth-order valence-electron chi connectivity index (χ4n) is 0.729. The van der Waals surface area contributed by atoms with Crippen molar-refractivity contribution in [3.8, 4) is 0 Å². The molecule has 0 atom stereocenters. The topological polar surface area (TPSA) is 26.3 Å². The third-order valence-corrected chi connectivity index (χ3v) is 1.20. The molecular formula is C9H9BrO2Zn-. The molecular weight excluding hydrogens is 285 g/mol. The minimum absolute atomic E-state index is 0. The van der Waals surface area contributed by atoms with E-state index in [0.717, 1.165) is 0 Å². The van der Waals surface area contributed by atoms with Crippen LogP contribution in [0.5, 0.6) is 0 Å². The first-order valence-corrected chi connectivity index (χ1v) is 3.48. The van der Waals surface area contributed by atoms with Crippen molar-refractivity contribution in [2.24, 2.45) is 0 Å². The molecule has 0 saturated heterocycles. The standard InChI is InChI=1S/C9H9O2.BrH.Zn/c1-2-11-9(10)8-6-4-3-5-7-8;;/h3-6H,2H2,1H3;1H;/p-1. The van der Waals surface area contributed by atoms with Crippen LogP contribution in [0.3, 0.4) is 0 Å². The van der Waals surface area contributed by atoms with Gasteiger partial charge in [-0.25, -0.2) is 4.79 Å². The van der Waals surface area contributed by atoms with Crippen molar-refractivity contribution in [1.82, 2.24) is 0 Å². The Balaban J connectivity index is 0. The van der Waals surface area contributed by atoms with E-state index < -0.39 is 0 Å². The van der Waals surface area contributed by atoms with Crippen LogP contribution in [0.1, 0.15) is 17.3 Å². The Morgan fingerprint density at radius 3 is 2.69 bits per heavy atom. The second-order valence-electron chi connectivity index (χ2n) is 2.00. The van der Waals surface area contributed by atoms with Crippen molar-refractivity contribution in [2.75, 3.05) is 6.61 Å². The van der Waals surface area contributed by atoms with Gasteiger partial charge in [-0.15, -0.1) is 0 Å². The number of carbonyl (C=O) groups excluding carboxylic acids is 1. The first-order chi connectivity index (χ1) is 5.34. The molecule has 13 heavy (non-hydrogen) atoms. The summed E-state index contributed by atoms with van der Waals surface area (Å²) in [6.45, 7) is 2.18. The number of benzene rings is 1. The molecule has 1 radical (unpaired) electrons. The molecule has 67 valence electrons. The van der Waals surface area contributed by atoms with Gasteiger partial charge in [-0.1, -0.05) is 18.2 Å². The molecule has 0 N–H and O–H groups in total. The smallest absolute Gasteiger partial charge is 0.338 e. The second-order valence-corrected chi connectivity index (χ2v) is 2.00. The number of carbonyl (C=O) groups is 1. The van der Waals surface area contributed by atoms with E-state index in [-0.39, 0.29) is 42.4 Å². The van der Waals surface area contributed by atoms with E-state index in [1.807, 2.05) is 6.07 Å². The van der Waals surface area contributed by atoms with Crippen molar-refractivity contribution < 1.29 is 46.0 Å². The summed E-state index contributed by atoms with van der Waals surface area (Å²) in [5.41, 5.74) is 0.481. The molecule has 0 bridgehead atoms. The van der Waals surface area contributed by atoms with Crippen LogP contribution in [0.4, 0.5) is 0 Å². The first kappa shape index (κ1) is 15.3. The summed E-state index contributed by atoms with van der Waals surface area (Å²) in [4.78, 5) is 11.0. The molecule has 0 amide bonds. The fourth-order valence-corrected chi connectivity index (χ4v) is 0.729. The summed E-state index contributed by atoms with van der Waals surface area (Å²) < 4.78 is 4.76. The van der Waals surface area contributed by atoms with Crippen molar-refractivity contribution in [3.63, 3.8) is 0 Å². The first-order valence-electron chi connectivity index (χ1n) is 3.48. The summed E-state index contributed by atoms with van der Waals surface area (Å²) in [5, 5.41) is 0. The molecule has 0 aliphatic carbocycles. The molecule has 0 saturated carbocycles. The van der Waals surface area contributed by atoms with Gasteiger partial charge in [-0.2, -0.15) is 0 Å². The molecule has 0 fully saturated rings. The van der Waals surface area contributed by atoms with Gasteiger partial charge in [0.05, 0.1) is 12.2 Å². The van der Waals surface area contributed by atoms with Crippen LogP contribution in [0.25, 0.3) is 0 Å². The number of hydrogen-bond donors (Lipinski definition) is 0. The minimum Gasteiger partial charge on any atom is -1.00 e. The Morgan fingerprint density at radius 1 is 1.54 bits per heavy atom. The van der Waals surface area contributed by atoms with E-state index in [0.29, 0.717) is 12.2 Å². The number of hydrogen-bond acceptors (Lipinski definition) is 2. The molecule has 1 rings (SSSR count). The Hall–Kier alpha value is -0.207. The van der Waals surface area contributed by atoms with Crippen LogP contribution in [0, 0.1) is 6.07 Å². The third-order valence-electron chi connectivity index (χ3n) is 1.20. The van der Waals surface area contributed by atoms with Gasteiger partial charge in [0.2, 0.25) is 0 Å². The molecule has 1 aromatic rings. The zero-order chi connectivity index (χ0) is 8.10. The van der Waals surface area contributed by atoms with Crippen LogP contribution in [0.2, 0.25) is 0 Å². The van der Waals surface area contributed by atoms with Crippen LogP contribution in [0.15, 0.2) is 24.3 Å². The summed E-state index contributed by atoms with van der Waals surface area (Å²) in [5.74, 6) is -0.312. The average Bonchev–Trinajstić information content (AvgIpc) is 2.07. The SMILES string of the molecule is CCOC(=O)c1[c]cccc1.[Br-].[Zn]. The molecule has 0 aliphatic rings. The molecule has 0 unspecified atom stereocenters. The Kier molecular flexibility index (Phi) is 9.86. The molecule has 2 nitrogen and oxygen atoms in total. The van der Waals surface area contributed by atoms with E-state index in [4.69, 9.17) is 4.74 Å². The Morgan fingerprint density at radius 2 is 2.23 bits per heavy atom. The van der Waals surface area contributed by atoms with Crippen molar-refractivity contribution in [3.05, 3.63) is 35.9 Å². The van der Waals surface area contributed by atoms with E-state index >= 15 is 0 Å². The summed E-state index contributed by atoms with van der Waals surface area (Å²) >= 11 is 0. The van der Waals surface area contributed by atoms with Gasteiger partial charge in [0, 0.05) is 19.5 Å². The van der Waals surface area contributed by atoms with Gasteiger partial charge in [0.15, 0.2) is 0 Å². The van der Waals surface area contributed by atoms with Gasteiger partial charge < -0.3 is 21.7 Å². The predicted octanol–water partition coefficient (Wildman–Crippen LogP) is -1.34. The van der Waals surface area contributed by atoms with Gasteiger partial charge >= 0.3 is 5.97 Å². The van der Waals surface area contributed by atoms with E-state index in [9.17, 15) is 4.79 Å². The largest absolute Gasteiger partial charge is 1.00 e. The summed E-state index contributed by atoms with van der Waals surface area (Å²) in [6, 6.07) is 9.73. The maximum atomic E-state index is 11.0. The second kappa shape index (κ2) is 8.39. The number of ether oxygens (including phenoxy) is 1. The number of halogens is 1. The maximum absolute atomic E-state index is 11.0. The van der Waals surface area contributed by atoms with Gasteiger partial charge in [0.1, 0.15) is 0 Å². The van der Waals surface area contributed by atoms with Crippen molar-refractivity contribution in [2.45, 2.75) is 6.92 Å².